The lowest BCUT2D eigenvalue weighted by Crippen LogP contribution is -2.61. The highest BCUT2D eigenvalue weighted by molar-refractivity contribution is 7.80. The first-order chi connectivity index (χ1) is 23.4. The van der Waals surface area contributed by atoms with E-state index in [2.05, 4.69) is 35.5 Å². The van der Waals surface area contributed by atoms with Crippen LogP contribution < -0.4 is 5.32 Å². The topological polar surface area (TPSA) is 212 Å². The molecule has 1 fully saturated rings. The molecule has 0 saturated carbocycles. The molecule has 1 aliphatic heterocycles. The summed E-state index contributed by atoms with van der Waals surface area (Å²) in [5.41, 5.74) is 0. The van der Waals surface area contributed by atoms with Gasteiger partial charge in [-0.25, -0.2) is 4.18 Å². The number of amides is 1. The Labute approximate surface area is 294 Å². The van der Waals surface area contributed by atoms with Crippen molar-refractivity contribution in [1.82, 2.24) is 5.32 Å². The number of allylic oxidation sites excluding steroid dienone is 3. The van der Waals surface area contributed by atoms with Gasteiger partial charge in [-0.15, -0.1) is 0 Å². The molecular formula is C35H65NO12S. The molecule has 1 saturated heterocycles. The maximum Gasteiger partial charge on any atom is 0.397 e. The van der Waals surface area contributed by atoms with E-state index in [9.17, 15) is 38.7 Å². The van der Waals surface area contributed by atoms with Crippen LogP contribution in [0.4, 0.5) is 0 Å². The minimum absolute atomic E-state index is 0.212. The zero-order valence-corrected chi connectivity index (χ0v) is 30.4. The lowest BCUT2D eigenvalue weighted by molar-refractivity contribution is -0.298. The number of ether oxygens (including phenoxy) is 2. The molecule has 14 heteroatoms. The Hall–Kier alpha value is -1.46. The summed E-state index contributed by atoms with van der Waals surface area (Å²) < 4.78 is 47.1. The van der Waals surface area contributed by atoms with Gasteiger partial charge >= 0.3 is 10.4 Å². The van der Waals surface area contributed by atoms with Gasteiger partial charge in [-0.3, -0.25) is 9.35 Å². The molecule has 13 nitrogen and oxygen atoms in total. The molecule has 8 unspecified atom stereocenters. The van der Waals surface area contributed by atoms with Crippen molar-refractivity contribution in [3.8, 4) is 0 Å². The molecule has 0 aliphatic carbocycles. The zero-order chi connectivity index (χ0) is 36.5. The number of hydrogen-bond acceptors (Lipinski definition) is 11. The van der Waals surface area contributed by atoms with Gasteiger partial charge in [-0.05, 0) is 44.9 Å². The zero-order valence-electron chi connectivity index (χ0n) is 29.6. The van der Waals surface area contributed by atoms with Gasteiger partial charge in [0.15, 0.2) is 6.29 Å². The summed E-state index contributed by atoms with van der Waals surface area (Å²) >= 11 is 0. The van der Waals surface area contributed by atoms with Crippen LogP contribution in [0.15, 0.2) is 24.3 Å². The largest absolute Gasteiger partial charge is 0.397 e. The molecule has 1 rings (SSSR count). The van der Waals surface area contributed by atoms with E-state index in [1.807, 2.05) is 0 Å². The quantitative estimate of drug-likeness (QED) is 0.0332. The van der Waals surface area contributed by atoms with Crippen LogP contribution in [-0.2, 0) is 28.9 Å². The van der Waals surface area contributed by atoms with Crippen LogP contribution in [0.25, 0.3) is 0 Å². The molecule has 1 aliphatic rings. The highest BCUT2D eigenvalue weighted by Gasteiger charge is 2.48. The Balaban J connectivity index is 2.74. The third kappa shape index (κ3) is 20.9. The summed E-state index contributed by atoms with van der Waals surface area (Å²) in [4.78, 5) is 12.9. The number of carbonyl (C=O) groups is 1. The van der Waals surface area contributed by atoms with Crippen molar-refractivity contribution in [1.29, 1.82) is 0 Å². The minimum Gasteiger partial charge on any atom is -0.394 e. The number of hydrogen-bond donors (Lipinski definition) is 7. The maximum absolute atomic E-state index is 12.9. The van der Waals surface area contributed by atoms with Crippen LogP contribution in [0.3, 0.4) is 0 Å². The standard InChI is InChI=1S/C35H65NO12S/c1-3-5-7-9-11-13-14-15-16-18-20-22-24-29(39)34(42)36-27(28(38)23-21-19-17-12-10-8-6-4-2)26-46-35-32(41)33(48-49(43,44)45)31(40)30(25-37)47-35/h15-16,21,23,27-33,35,37-41H,3-14,17-20,22,24-26H2,1-2H3,(H,36,42)(H,43,44,45)/b16-15-,23-21+. The molecule has 0 bridgehead atoms. The Kier molecular flexibility index (Phi) is 25.3. The van der Waals surface area contributed by atoms with Crippen LogP contribution in [0.5, 0.6) is 0 Å². The fraction of sp³-hybridized carbons (Fsp3) is 0.857. The number of rotatable bonds is 29. The summed E-state index contributed by atoms with van der Waals surface area (Å²) in [5.74, 6) is -0.725. The SMILES string of the molecule is CCCCCCCC/C=C\CCCCC(O)C(=O)NC(COC1OC(CO)C(O)C(OS(=O)(=O)O)C1O)C(O)/C=C/CCCCCCCC. The number of carbonyl (C=O) groups excluding carboxylic acids is 1. The van der Waals surface area contributed by atoms with Crippen molar-refractivity contribution < 1.29 is 57.0 Å². The van der Waals surface area contributed by atoms with Crippen molar-refractivity contribution in [2.45, 2.75) is 178 Å². The molecule has 1 heterocycles. The summed E-state index contributed by atoms with van der Waals surface area (Å²) in [7, 11) is -5.11. The fourth-order valence-corrected chi connectivity index (χ4v) is 6.08. The average Bonchev–Trinajstić information content (AvgIpc) is 3.06. The number of nitrogens with one attached hydrogen (secondary N) is 1. The smallest absolute Gasteiger partial charge is 0.394 e. The predicted molar refractivity (Wildman–Crippen MR) is 187 cm³/mol. The molecule has 288 valence electrons. The first kappa shape index (κ1) is 45.6. The molecule has 8 atom stereocenters. The second-order valence-electron chi connectivity index (χ2n) is 12.9. The minimum atomic E-state index is -5.11. The average molecular weight is 724 g/mol. The van der Waals surface area contributed by atoms with Crippen molar-refractivity contribution in [3.63, 3.8) is 0 Å². The van der Waals surface area contributed by atoms with Crippen molar-refractivity contribution in [2.24, 2.45) is 0 Å². The van der Waals surface area contributed by atoms with E-state index >= 15 is 0 Å². The van der Waals surface area contributed by atoms with Gasteiger partial charge in [-0.2, -0.15) is 8.42 Å². The van der Waals surface area contributed by atoms with Gasteiger partial charge in [-0.1, -0.05) is 109 Å². The molecule has 0 aromatic carbocycles. The molecule has 0 aromatic heterocycles. The Morgan fingerprint density at radius 1 is 0.816 bits per heavy atom. The number of aliphatic hydroxyl groups excluding tert-OH is 5. The highest BCUT2D eigenvalue weighted by atomic mass is 32.3. The maximum atomic E-state index is 12.9. The lowest BCUT2D eigenvalue weighted by atomic mass is 9.99. The van der Waals surface area contributed by atoms with Crippen LogP contribution >= 0.6 is 0 Å². The van der Waals surface area contributed by atoms with Crippen LogP contribution in [0.2, 0.25) is 0 Å². The van der Waals surface area contributed by atoms with Gasteiger partial charge in [0.05, 0.1) is 25.4 Å². The summed E-state index contributed by atoms with van der Waals surface area (Å²) in [6.07, 6.45) is 14.5. The lowest BCUT2D eigenvalue weighted by Gasteiger charge is -2.41. The Morgan fingerprint density at radius 2 is 1.35 bits per heavy atom. The van der Waals surface area contributed by atoms with Crippen LogP contribution in [0, 0.1) is 0 Å². The van der Waals surface area contributed by atoms with Crippen LogP contribution in [-0.4, -0.2) is 107 Å². The van der Waals surface area contributed by atoms with Crippen molar-refractivity contribution >= 4 is 16.3 Å². The first-order valence-electron chi connectivity index (χ1n) is 18.3. The number of unbranched alkanes of at least 4 members (excludes halogenated alkanes) is 14. The Morgan fingerprint density at radius 3 is 1.90 bits per heavy atom. The van der Waals surface area contributed by atoms with E-state index in [4.69, 9.17) is 14.0 Å². The van der Waals surface area contributed by atoms with E-state index in [-0.39, 0.29) is 6.42 Å². The summed E-state index contributed by atoms with van der Waals surface area (Å²) in [6, 6.07) is -1.12. The molecular weight excluding hydrogens is 658 g/mol. The molecule has 49 heavy (non-hydrogen) atoms. The first-order valence-corrected chi connectivity index (χ1v) is 19.7. The van der Waals surface area contributed by atoms with Gasteiger partial charge in [0.1, 0.15) is 30.5 Å². The summed E-state index contributed by atoms with van der Waals surface area (Å²) in [6.45, 7) is 3.08. The third-order valence-electron chi connectivity index (χ3n) is 8.58. The van der Waals surface area contributed by atoms with Crippen molar-refractivity contribution in [2.75, 3.05) is 13.2 Å². The third-order valence-corrected chi connectivity index (χ3v) is 9.05. The van der Waals surface area contributed by atoms with E-state index < -0.39 is 78.5 Å². The van der Waals surface area contributed by atoms with Gasteiger partial charge in [0.2, 0.25) is 5.91 Å². The van der Waals surface area contributed by atoms with Crippen molar-refractivity contribution in [3.05, 3.63) is 24.3 Å². The van der Waals surface area contributed by atoms with E-state index in [1.54, 1.807) is 6.08 Å². The molecule has 0 aromatic rings. The summed E-state index contributed by atoms with van der Waals surface area (Å²) in [5, 5.41) is 54.6. The second kappa shape index (κ2) is 27.2. The van der Waals surface area contributed by atoms with Gasteiger partial charge in [0, 0.05) is 0 Å². The van der Waals surface area contributed by atoms with E-state index in [1.165, 1.54) is 57.4 Å². The van der Waals surface area contributed by atoms with E-state index in [0.717, 1.165) is 44.9 Å². The Bertz CT molecular complexity index is 1010. The number of aliphatic hydroxyl groups is 5. The molecule has 7 N–H and O–H groups in total. The monoisotopic (exact) mass is 723 g/mol. The highest BCUT2D eigenvalue weighted by Crippen LogP contribution is 2.26. The predicted octanol–water partition coefficient (Wildman–Crippen LogP) is 4.01. The van der Waals surface area contributed by atoms with Gasteiger partial charge in [0.25, 0.3) is 0 Å². The molecule has 0 radical (unpaired) electrons. The molecule has 1 amide bonds. The fourth-order valence-electron chi connectivity index (χ4n) is 5.57. The second-order valence-corrected chi connectivity index (χ2v) is 14.0. The van der Waals surface area contributed by atoms with Gasteiger partial charge < -0.3 is 40.3 Å². The van der Waals surface area contributed by atoms with E-state index in [0.29, 0.717) is 12.8 Å². The molecule has 0 spiro atoms. The normalized spacial score (nSPS) is 23.6. The van der Waals surface area contributed by atoms with Crippen LogP contribution in [0.1, 0.15) is 129 Å².